The molecule has 9 heteroatoms. The zero-order valence-electron chi connectivity index (χ0n) is 18.4. The van der Waals surface area contributed by atoms with Crippen LogP contribution < -0.4 is 5.32 Å². The van der Waals surface area contributed by atoms with E-state index >= 15 is 0 Å². The van der Waals surface area contributed by atoms with Gasteiger partial charge in [0.25, 0.3) is 5.91 Å². The lowest BCUT2D eigenvalue weighted by Gasteiger charge is -2.11. The number of nitrogens with zero attached hydrogens (tertiary/aromatic N) is 5. The molecule has 31 heavy (non-hydrogen) atoms. The molecule has 3 heterocycles. The summed E-state index contributed by atoms with van der Waals surface area (Å²) in [6.07, 6.45) is 4.92. The maximum atomic E-state index is 12.6. The van der Waals surface area contributed by atoms with Gasteiger partial charge in [0.1, 0.15) is 11.5 Å². The van der Waals surface area contributed by atoms with E-state index in [0.29, 0.717) is 41.6 Å². The molecular weight excluding hydrogens is 394 g/mol. The topological polar surface area (TPSA) is 111 Å². The third-order valence-corrected chi connectivity index (χ3v) is 5.82. The smallest absolute Gasteiger partial charge is 0.275 e. The molecule has 0 unspecified atom stereocenters. The number of aromatic nitrogens is 6. The van der Waals surface area contributed by atoms with Gasteiger partial charge in [-0.3, -0.25) is 14.6 Å². The number of aryl methyl sites for hydroxylation is 1. The Balaban J connectivity index is 1.40. The molecule has 1 aliphatic rings. The number of H-pyrrole nitrogens is 1. The highest BCUT2D eigenvalue weighted by Gasteiger charge is 2.30. The van der Waals surface area contributed by atoms with Crippen molar-refractivity contribution in [2.24, 2.45) is 7.05 Å². The Bertz CT molecular complexity index is 1060. The number of amides is 1. The van der Waals surface area contributed by atoms with Crippen molar-refractivity contribution in [3.8, 4) is 0 Å². The summed E-state index contributed by atoms with van der Waals surface area (Å²) in [5, 5.41) is 14.5. The van der Waals surface area contributed by atoms with Gasteiger partial charge in [0.15, 0.2) is 5.82 Å². The Morgan fingerprint density at radius 2 is 2.13 bits per heavy atom. The number of hydrogen-bond donors (Lipinski definition) is 2. The summed E-state index contributed by atoms with van der Waals surface area (Å²) >= 11 is 0. The molecule has 0 spiro atoms. The van der Waals surface area contributed by atoms with Crippen LogP contribution in [0.1, 0.15) is 84.3 Å². The second kappa shape index (κ2) is 8.97. The fourth-order valence-electron chi connectivity index (χ4n) is 4.15. The summed E-state index contributed by atoms with van der Waals surface area (Å²) in [6, 6.07) is 5.63. The molecule has 0 saturated heterocycles. The van der Waals surface area contributed by atoms with Gasteiger partial charge < -0.3 is 10.1 Å². The third-order valence-electron chi connectivity index (χ3n) is 5.82. The SMILES string of the molecule is COCc1cc(C(=O)Nc2cc([C@H]3CC[C@H](c4nccc(C(C)C)n4)C3)[nH]n2)n(C)n1. The summed E-state index contributed by atoms with van der Waals surface area (Å²) in [5.41, 5.74) is 3.28. The number of hydrogen-bond acceptors (Lipinski definition) is 6. The summed E-state index contributed by atoms with van der Waals surface area (Å²) in [7, 11) is 3.33. The van der Waals surface area contributed by atoms with Gasteiger partial charge in [-0.2, -0.15) is 10.2 Å². The predicted molar refractivity (Wildman–Crippen MR) is 116 cm³/mol. The first-order chi connectivity index (χ1) is 14.9. The van der Waals surface area contributed by atoms with E-state index < -0.39 is 0 Å². The van der Waals surface area contributed by atoms with E-state index in [1.165, 1.54) is 0 Å². The van der Waals surface area contributed by atoms with Gasteiger partial charge in [0, 0.05) is 49.6 Å². The standard InChI is InChI=1S/C22H29N7O2/c1-13(2)17-7-8-23-21(24-17)15-6-5-14(9-15)18-11-20(27-26-18)25-22(30)19-10-16(12-31-4)28-29(19)3/h7-8,10-11,13-15H,5-6,9,12H2,1-4H3,(H2,25,26,27,30)/t14-,15-/m0/s1. The average molecular weight is 424 g/mol. The Kier molecular flexibility index (Phi) is 6.13. The fourth-order valence-corrected chi connectivity index (χ4v) is 4.15. The number of methoxy groups -OCH3 is 1. The number of anilines is 1. The summed E-state index contributed by atoms with van der Waals surface area (Å²) < 4.78 is 6.63. The molecule has 1 fully saturated rings. The van der Waals surface area contributed by atoms with Crippen LogP contribution in [0.25, 0.3) is 0 Å². The molecule has 164 valence electrons. The van der Waals surface area contributed by atoms with Crippen LogP contribution in [0.3, 0.4) is 0 Å². The quantitative estimate of drug-likeness (QED) is 0.602. The first kappa shape index (κ1) is 21.2. The van der Waals surface area contributed by atoms with Crippen molar-refractivity contribution < 1.29 is 9.53 Å². The normalized spacial score (nSPS) is 18.6. The predicted octanol–water partition coefficient (Wildman–Crippen LogP) is 3.51. The van der Waals surface area contributed by atoms with E-state index in [4.69, 9.17) is 9.72 Å². The van der Waals surface area contributed by atoms with E-state index in [-0.39, 0.29) is 5.91 Å². The Morgan fingerprint density at radius 1 is 1.32 bits per heavy atom. The van der Waals surface area contributed by atoms with Crippen LogP contribution in [-0.4, -0.2) is 43.0 Å². The highest BCUT2D eigenvalue weighted by molar-refractivity contribution is 6.02. The van der Waals surface area contributed by atoms with Gasteiger partial charge in [0.05, 0.1) is 12.3 Å². The Morgan fingerprint density at radius 3 is 2.90 bits per heavy atom. The van der Waals surface area contributed by atoms with Crippen molar-refractivity contribution in [3.05, 3.63) is 53.0 Å². The highest BCUT2D eigenvalue weighted by atomic mass is 16.5. The molecule has 0 aliphatic heterocycles. The van der Waals surface area contributed by atoms with Gasteiger partial charge in [-0.05, 0) is 37.3 Å². The summed E-state index contributed by atoms with van der Waals surface area (Å²) in [6.45, 7) is 4.65. The Labute approximate surface area is 181 Å². The molecule has 0 radical (unpaired) electrons. The number of rotatable bonds is 7. The molecule has 1 amide bonds. The summed E-state index contributed by atoms with van der Waals surface area (Å²) in [4.78, 5) is 21.9. The largest absolute Gasteiger partial charge is 0.378 e. The van der Waals surface area contributed by atoms with Gasteiger partial charge in [-0.25, -0.2) is 9.97 Å². The minimum absolute atomic E-state index is 0.251. The van der Waals surface area contributed by atoms with E-state index in [1.807, 2.05) is 18.3 Å². The first-order valence-corrected chi connectivity index (χ1v) is 10.7. The number of aromatic amines is 1. The van der Waals surface area contributed by atoms with Crippen LogP contribution in [-0.2, 0) is 18.4 Å². The van der Waals surface area contributed by atoms with Crippen LogP contribution in [0.5, 0.6) is 0 Å². The minimum atomic E-state index is -0.251. The molecule has 0 aromatic carbocycles. The van der Waals surface area contributed by atoms with Crippen molar-refractivity contribution in [2.45, 2.75) is 57.5 Å². The lowest BCUT2D eigenvalue weighted by atomic mass is 10.0. The number of carbonyl (C=O) groups is 1. The minimum Gasteiger partial charge on any atom is -0.378 e. The summed E-state index contributed by atoms with van der Waals surface area (Å²) in [5.74, 6) is 2.28. The first-order valence-electron chi connectivity index (χ1n) is 10.7. The number of carbonyl (C=O) groups excluding carboxylic acids is 1. The van der Waals surface area contributed by atoms with Crippen molar-refractivity contribution in [3.63, 3.8) is 0 Å². The zero-order chi connectivity index (χ0) is 22.0. The van der Waals surface area contributed by atoms with Crippen molar-refractivity contribution >= 4 is 11.7 Å². The van der Waals surface area contributed by atoms with E-state index in [2.05, 4.69) is 39.4 Å². The van der Waals surface area contributed by atoms with E-state index in [0.717, 1.165) is 36.5 Å². The van der Waals surface area contributed by atoms with Crippen molar-refractivity contribution in [1.82, 2.24) is 29.9 Å². The molecule has 3 aromatic heterocycles. The lowest BCUT2D eigenvalue weighted by molar-refractivity contribution is 0.101. The van der Waals surface area contributed by atoms with Gasteiger partial charge in [0.2, 0.25) is 0 Å². The maximum Gasteiger partial charge on any atom is 0.275 e. The molecule has 2 atom stereocenters. The van der Waals surface area contributed by atoms with Crippen LogP contribution in [0.2, 0.25) is 0 Å². The van der Waals surface area contributed by atoms with Crippen LogP contribution in [0.4, 0.5) is 5.82 Å². The third kappa shape index (κ3) is 4.66. The van der Waals surface area contributed by atoms with E-state index in [1.54, 1.807) is 24.9 Å². The zero-order valence-corrected chi connectivity index (χ0v) is 18.4. The molecule has 1 saturated carbocycles. The maximum absolute atomic E-state index is 12.6. The molecule has 9 nitrogen and oxygen atoms in total. The second-order valence-corrected chi connectivity index (χ2v) is 8.44. The monoisotopic (exact) mass is 423 g/mol. The van der Waals surface area contributed by atoms with Gasteiger partial charge >= 0.3 is 0 Å². The number of nitrogens with one attached hydrogen (secondary N) is 2. The Hall–Kier alpha value is -3.07. The van der Waals surface area contributed by atoms with Gasteiger partial charge in [-0.1, -0.05) is 13.8 Å². The second-order valence-electron chi connectivity index (χ2n) is 8.44. The molecule has 1 aliphatic carbocycles. The van der Waals surface area contributed by atoms with E-state index in [9.17, 15) is 4.79 Å². The van der Waals surface area contributed by atoms with Crippen LogP contribution in [0, 0.1) is 0 Å². The van der Waals surface area contributed by atoms with Gasteiger partial charge in [-0.15, -0.1) is 0 Å². The fraction of sp³-hybridized carbons (Fsp3) is 0.500. The molecular formula is C22H29N7O2. The number of ether oxygens (including phenoxy) is 1. The average Bonchev–Trinajstić information content (AvgIpc) is 3.48. The van der Waals surface area contributed by atoms with Crippen LogP contribution >= 0.6 is 0 Å². The van der Waals surface area contributed by atoms with Crippen molar-refractivity contribution in [2.75, 3.05) is 12.4 Å². The highest BCUT2D eigenvalue weighted by Crippen LogP contribution is 2.42. The molecule has 2 N–H and O–H groups in total. The lowest BCUT2D eigenvalue weighted by Crippen LogP contribution is -2.16. The molecule has 0 bridgehead atoms. The molecule has 3 aromatic rings. The van der Waals surface area contributed by atoms with Crippen molar-refractivity contribution in [1.29, 1.82) is 0 Å². The molecule has 4 rings (SSSR count). The van der Waals surface area contributed by atoms with Crippen LogP contribution in [0.15, 0.2) is 24.4 Å².